The minimum absolute atomic E-state index is 0.0418. The number of rotatable bonds is 2. The van der Waals surface area contributed by atoms with Gasteiger partial charge in [-0.25, -0.2) is 4.39 Å². The molecule has 1 radical (unpaired) electrons. The molecule has 1 aliphatic rings. The second-order valence-corrected chi connectivity index (χ2v) is 4.68. The molecule has 0 N–H and O–H groups in total. The van der Waals surface area contributed by atoms with Crippen molar-refractivity contribution in [1.82, 2.24) is 4.90 Å². The monoisotopic (exact) mass is 270 g/mol. The van der Waals surface area contributed by atoms with Crippen molar-refractivity contribution < 1.29 is 13.9 Å². The van der Waals surface area contributed by atoms with Gasteiger partial charge in [0.25, 0.3) is 0 Å². The van der Waals surface area contributed by atoms with Crippen LogP contribution >= 0.6 is 11.6 Å². The zero-order valence-corrected chi connectivity index (χ0v) is 10.6. The lowest BCUT2D eigenvalue weighted by Gasteiger charge is -2.31. The Morgan fingerprint density at radius 2 is 2.11 bits per heavy atom. The molecule has 1 heterocycles. The number of benzene rings is 1. The SMILES string of the molecule is [CH2]C(=O)N1CCC(Oc2cc(F)ccc2Cl)CC1. The van der Waals surface area contributed by atoms with Crippen LogP contribution in [0.15, 0.2) is 18.2 Å². The van der Waals surface area contributed by atoms with Crippen LogP contribution in [0.25, 0.3) is 0 Å². The van der Waals surface area contributed by atoms with Crippen LogP contribution in [-0.2, 0) is 4.79 Å². The second-order valence-electron chi connectivity index (χ2n) is 4.27. The molecule has 1 aliphatic heterocycles. The average Bonchev–Trinajstić information content (AvgIpc) is 2.34. The number of halogens is 2. The van der Waals surface area contributed by atoms with Crippen LogP contribution in [0.2, 0.25) is 5.02 Å². The molecule has 0 atom stereocenters. The Bertz CT molecular complexity index is 445. The second kappa shape index (κ2) is 5.57. The number of likely N-dealkylation sites (tertiary alicyclic amines) is 1. The number of amides is 1. The highest BCUT2D eigenvalue weighted by Crippen LogP contribution is 2.28. The standard InChI is InChI=1S/C13H14ClFNO2/c1-9(17)16-6-4-11(5-7-16)18-13-8-10(15)2-3-12(13)14/h2-3,8,11H,1,4-7H2. The van der Waals surface area contributed by atoms with Gasteiger partial charge in [-0.3, -0.25) is 4.79 Å². The van der Waals surface area contributed by atoms with Crippen LogP contribution in [0.4, 0.5) is 4.39 Å². The maximum Gasteiger partial charge on any atom is 0.223 e. The molecule has 18 heavy (non-hydrogen) atoms. The van der Waals surface area contributed by atoms with Crippen molar-refractivity contribution in [3.63, 3.8) is 0 Å². The van der Waals surface area contributed by atoms with Gasteiger partial charge in [-0.15, -0.1) is 0 Å². The van der Waals surface area contributed by atoms with Crippen molar-refractivity contribution in [2.24, 2.45) is 0 Å². The smallest absolute Gasteiger partial charge is 0.223 e. The predicted octanol–water partition coefficient (Wildman–Crippen LogP) is 2.68. The lowest BCUT2D eigenvalue weighted by atomic mass is 10.1. The summed E-state index contributed by atoms with van der Waals surface area (Å²) >= 11 is 5.93. The van der Waals surface area contributed by atoms with Crippen LogP contribution in [0, 0.1) is 12.7 Å². The fourth-order valence-electron chi connectivity index (χ4n) is 1.97. The lowest BCUT2D eigenvalue weighted by molar-refractivity contribution is -0.128. The van der Waals surface area contributed by atoms with Crippen molar-refractivity contribution in [1.29, 1.82) is 0 Å². The first-order chi connectivity index (χ1) is 8.56. The molecule has 0 aromatic heterocycles. The predicted molar refractivity (Wildman–Crippen MR) is 67.0 cm³/mol. The van der Waals surface area contributed by atoms with Gasteiger partial charge >= 0.3 is 0 Å². The molecule has 2 rings (SSSR count). The zero-order valence-electron chi connectivity index (χ0n) is 9.86. The van der Waals surface area contributed by atoms with E-state index in [-0.39, 0.29) is 17.8 Å². The van der Waals surface area contributed by atoms with E-state index < -0.39 is 0 Å². The van der Waals surface area contributed by atoms with Crippen molar-refractivity contribution in [3.05, 3.63) is 36.0 Å². The van der Waals surface area contributed by atoms with Crippen molar-refractivity contribution in [2.45, 2.75) is 18.9 Å². The van der Waals surface area contributed by atoms with Gasteiger partial charge in [-0.1, -0.05) is 11.6 Å². The number of carbonyl (C=O) groups excluding carboxylic acids is 1. The Labute approximate surface area is 110 Å². The fraction of sp³-hybridized carbons (Fsp3) is 0.385. The molecular weight excluding hydrogens is 257 g/mol. The van der Waals surface area contributed by atoms with Crippen LogP contribution in [0.1, 0.15) is 12.8 Å². The highest BCUT2D eigenvalue weighted by atomic mass is 35.5. The van der Waals surface area contributed by atoms with E-state index in [1.807, 2.05) is 0 Å². The fourth-order valence-corrected chi connectivity index (χ4v) is 2.13. The molecule has 1 saturated heterocycles. The molecule has 0 bridgehead atoms. The Kier molecular flexibility index (Phi) is 4.07. The van der Waals surface area contributed by atoms with Crippen LogP contribution in [0.3, 0.4) is 0 Å². The van der Waals surface area contributed by atoms with E-state index in [4.69, 9.17) is 16.3 Å². The van der Waals surface area contributed by atoms with Crippen molar-refractivity contribution >= 4 is 17.5 Å². The van der Waals surface area contributed by atoms with Crippen LogP contribution < -0.4 is 4.74 Å². The zero-order chi connectivity index (χ0) is 13.1. The normalized spacial score (nSPS) is 16.7. The molecule has 0 unspecified atom stereocenters. The van der Waals surface area contributed by atoms with Gasteiger partial charge in [0.05, 0.1) is 5.02 Å². The summed E-state index contributed by atoms with van der Waals surface area (Å²) in [5.41, 5.74) is 0. The van der Waals surface area contributed by atoms with Crippen molar-refractivity contribution in [2.75, 3.05) is 13.1 Å². The summed E-state index contributed by atoms with van der Waals surface area (Å²) in [7, 11) is 0. The largest absolute Gasteiger partial charge is 0.489 e. The van der Waals surface area contributed by atoms with E-state index in [1.54, 1.807) is 4.90 Å². The first kappa shape index (κ1) is 13.1. The maximum absolute atomic E-state index is 13.1. The van der Waals surface area contributed by atoms with Crippen LogP contribution in [-0.4, -0.2) is 30.0 Å². The summed E-state index contributed by atoms with van der Waals surface area (Å²) in [6, 6.07) is 4.04. The molecule has 97 valence electrons. The number of carbonyl (C=O) groups is 1. The molecular formula is C13H14ClFNO2. The Morgan fingerprint density at radius 1 is 1.44 bits per heavy atom. The van der Waals surface area contributed by atoms with E-state index in [9.17, 15) is 9.18 Å². The number of hydrogen-bond donors (Lipinski definition) is 0. The highest BCUT2D eigenvalue weighted by Gasteiger charge is 2.22. The molecule has 3 nitrogen and oxygen atoms in total. The molecule has 0 spiro atoms. The first-order valence-corrected chi connectivity index (χ1v) is 6.16. The Morgan fingerprint density at radius 3 is 2.72 bits per heavy atom. The van der Waals surface area contributed by atoms with Gasteiger partial charge in [0.1, 0.15) is 17.7 Å². The minimum atomic E-state index is -0.375. The lowest BCUT2D eigenvalue weighted by Crippen LogP contribution is -2.40. The van der Waals surface area contributed by atoms with Crippen molar-refractivity contribution in [3.8, 4) is 5.75 Å². The van der Waals surface area contributed by atoms with Gasteiger partial charge in [0.2, 0.25) is 5.91 Å². The maximum atomic E-state index is 13.1. The number of hydrogen-bond acceptors (Lipinski definition) is 2. The third-order valence-corrected chi connectivity index (χ3v) is 3.29. The minimum Gasteiger partial charge on any atom is -0.489 e. The highest BCUT2D eigenvalue weighted by molar-refractivity contribution is 6.32. The molecule has 0 aliphatic carbocycles. The molecule has 1 aromatic rings. The van der Waals surface area contributed by atoms with E-state index in [2.05, 4.69) is 6.92 Å². The van der Waals surface area contributed by atoms with Gasteiger partial charge in [-0.05, 0) is 12.1 Å². The summed E-state index contributed by atoms with van der Waals surface area (Å²) in [4.78, 5) is 12.7. The molecule has 1 aromatic carbocycles. The topological polar surface area (TPSA) is 29.5 Å². The van der Waals surface area contributed by atoms with E-state index in [0.29, 0.717) is 36.7 Å². The van der Waals surface area contributed by atoms with E-state index >= 15 is 0 Å². The summed E-state index contributed by atoms with van der Waals surface area (Å²) in [5.74, 6) is -0.187. The summed E-state index contributed by atoms with van der Waals surface area (Å²) < 4.78 is 18.7. The van der Waals surface area contributed by atoms with Gasteiger partial charge in [0, 0.05) is 38.9 Å². The van der Waals surface area contributed by atoms with E-state index in [0.717, 1.165) is 0 Å². The molecule has 1 amide bonds. The first-order valence-electron chi connectivity index (χ1n) is 5.79. The summed E-state index contributed by atoms with van der Waals surface area (Å²) in [5, 5.41) is 0.395. The third kappa shape index (κ3) is 3.13. The summed E-state index contributed by atoms with van der Waals surface area (Å²) in [6.45, 7) is 4.59. The van der Waals surface area contributed by atoms with Gasteiger partial charge < -0.3 is 9.64 Å². The van der Waals surface area contributed by atoms with Gasteiger partial charge in [-0.2, -0.15) is 0 Å². The quantitative estimate of drug-likeness (QED) is 0.827. The molecule has 0 saturated carbocycles. The van der Waals surface area contributed by atoms with Crippen LogP contribution in [0.5, 0.6) is 5.75 Å². The third-order valence-electron chi connectivity index (χ3n) is 2.98. The van der Waals surface area contributed by atoms with Gasteiger partial charge in [0.15, 0.2) is 0 Å². The molecule has 5 heteroatoms. The average molecular weight is 271 g/mol. The number of ether oxygens (including phenoxy) is 1. The summed E-state index contributed by atoms with van der Waals surface area (Å²) in [6.07, 6.45) is 1.36. The Hall–Kier alpha value is -1.29. The molecule has 1 fully saturated rings. The van der Waals surface area contributed by atoms with E-state index in [1.165, 1.54) is 18.2 Å². The number of piperidine rings is 1. The number of nitrogens with zero attached hydrogens (tertiary/aromatic N) is 1. The Balaban J connectivity index is 1.95.